The number of nitrogens with zero attached hydrogens (tertiary/aromatic N) is 4. The molecule has 0 unspecified atom stereocenters. The number of hydrogen-bond donors (Lipinski definition) is 0. The Morgan fingerprint density at radius 3 is 2.84 bits per heavy atom. The lowest BCUT2D eigenvalue weighted by Gasteiger charge is -2.11. The monoisotopic (exact) mass is 450 g/mol. The summed E-state index contributed by atoms with van der Waals surface area (Å²) in [7, 11) is 1.59. The third-order valence-electron chi connectivity index (χ3n) is 4.87. The Kier molecular flexibility index (Phi) is 5.28. The molecule has 0 saturated heterocycles. The second kappa shape index (κ2) is 8.39. The van der Waals surface area contributed by atoms with Gasteiger partial charge in [-0.15, -0.1) is 6.58 Å². The first-order chi connectivity index (χ1) is 15.7. The maximum atomic E-state index is 13.1. The Balaban J connectivity index is 1.46. The van der Waals surface area contributed by atoms with Crippen LogP contribution < -0.4 is 19.8 Å². The number of rotatable bonds is 7. The predicted octanol–water partition coefficient (Wildman–Crippen LogP) is 3.66. The second-order valence-electron chi connectivity index (χ2n) is 6.82. The van der Waals surface area contributed by atoms with Crippen LogP contribution in [0.3, 0.4) is 0 Å². The Labute approximate surface area is 186 Å². The van der Waals surface area contributed by atoms with E-state index in [1.54, 1.807) is 29.9 Å². The van der Waals surface area contributed by atoms with Crippen LogP contribution >= 0.6 is 11.8 Å². The zero-order valence-electron chi connectivity index (χ0n) is 17.1. The summed E-state index contributed by atoms with van der Waals surface area (Å²) in [5.74, 6) is 2.93. The van der Waals surface area contributed by atoms with E-state index in [4.69, 9.17) is 18.7 Å². The van der Waals surface area contributed by atoms with Gasteiger partial charge in [-0.05, 0) is 18.2 Å². The third-order valence-corrected chi connectivity index (χ3v) is 5.83. The fraction of sp³-hybridized carbons (Fsp3) is 0.182. The molecule has 0 atom stereocenters. The molecule has 2 aromatic carbocycles. The average Bonchev–Trinajstić information content (AvgIpc) is 3.48. The fourth-order valence-electron chi connectivity index (χ4n) is 3.37. The number of allylic oxidation sites excluding steroid dienone is 1. The predicted molar refractivity (Wildman–Crippen MR) is 118 cm³/mol. The van der Waals surface area contributed by atoms with Crippen molar-refractivity contribution in [1.82, 2.24) is 19.7 Å². The minimum Gasteiger partial charge on any atom is -0.496 e. The fourth-order valence-corrected chi connectivity index (χ4v) is 4.22. The molecule has 0 fully saturated rings. The highest BCUT2D eigenvalue weighted by atomic mass is 32.2. The van der Waals surface area contributed by atoms with Crippen LogP contribution in [0.5, 0.6) is 17.2 Å². The SMILES string of the molecule is C=CCn1c(SCc2nc(-c3ccccc3OC)no2)nc2cc3c(cc2c1=O)OCO3. The van der Waals surface area contributed by atoms with E-state index in [0.29, 0.717) is 57.3 Å². The van der Waals surface area contributed by atoms with Gasteiger partial charge in [-0.2, -0.15) is 4.98 Å². The molecular formula is C22H18N4O5S. The molecule has 162 valence electrons. The van der Waals surface area contributed by atoms with Crippen LogP contribution in [0, 0.1) is 0 Å². The number of thioether (sulfide) groups is 1. The molecule has 10 heteroatoms. The standard InChI is InChI=1S/C22H18N4O5S/c1-3-8-26-21(27)14-9-17-18(30-12-29-17)10-15(14)23-22(26)32-11-19-24-20(25-31-19)13-6-4-5-7-16(13)28-2/h3-7,9-10H,1,8,11-12H2,2H3. The number of benzene rings is 2. The molecule has 2 aromatic heterocycles. The Morgan fingerprint density at radius 1 is 1.22 bits per heavy atom. The maximum Gasteiger partial charge on any atom is 0.262 e. The normalized spacial score (nSPS) is 12.3. The summed E-state index contributed by atoms with van der Waals surface area (Å²) >= 11 is 1.33. The van der Waals surface area contributed by atoms with Crippen LogP contribution in [0.2, 0.25) is 0 Å². The van der Waals surface area contributed by atoms with E-state index in [0.717, 1.165) is 5.56 Å². The van der Waals surface area contributed by atoms with Gasteiger partial charge in [-0.1, -0.05) is 35.1 Å². The van der Waals surface area contributed by atoms with Crippen molar-refractivity contribution in [1.29, 1.82) is 0 Å². The highest BCUT2D eigenvalue weighted by Gasteiger charge is 2.20. The molecule has 0 radical (unpaired) electrons. The molecule has 1 aliphatic heterocycles. The van der Waals surface area contributed by atoms with Gasteiger partial charge in [-0.3, -0.25) is 9.36 Å². The number of ether oxygens (including phenoxy) is 3. The van der Waals surface area contributed by atoms with Gasteiger partial charge in [0.1, 0.15) is 5.75 Å². The van der Waals surface area contributed by atoms with Crippen molar-refractivity contribution in [3.05, 3.63) is 65.3 Å². The lowest BCUT2D eigenvalue weighted by Crippen LogP contribution is -2.22. The number of hydrogen-bond acceptors (Lipinski definition) is 9. The summed E-state index contributed by atoms with van der Waals surface area (Å²) in [6, 6.07) is 10.8. The van der Waals surface area contributed by atoms with Crippen LogP contribution in [0.25, 0.3) is 22.3 Å². The lowest BCUT2D eigenvalue weighted by molar-refractivity contribution is 0.174. The molecule has 0 amide bonds. The van der Waals surface area contributed by atoms with Gasteiger partial charge >= 0.3 is 0 Å². The summed E-state index contributed by atoms with van der Waals surface area (Å²) in [4.78, 5) is 22.2. The van der Waals surface area contributed by atoms with Crippen molar-refractivity contribution in [2.75, 3.05) is 13.9 Å². The Morgan fingerprint density at radius 2 is 2.03 bits per heavy atom. The van der Waals surface area contributed by atoms with Gasteiger partial charge in [0.05, 0.1) is 29.3 Å². The number of methoxy groups -OCH3 is 1. The third kappa shape index (κ3) is 3.58. The summed E-state index contributed by atoms with van der Waals surface area (Å²) in [5.41, 5.74) is 1.08. The minimum absolute atomic E-state index is 0.125. The van der Waals surface area contributed by atoms with Gasteiger partial charge in [0.2, 0.25) is 18.5 Å². The molecule has 5 rings (SSSR count). The van der Waals surface area contributed by atoms with Crippen molar-refractivity contribution in [3.63, 3.8) is 0 Å². The van der Waals surface area contributed by atoms with E-state index in [1.165, 1.54) is 11.8 Å². The largest absolute Gasteiger partial charge is 0.496 e. The number of para-hydroxylation sites is 1. The van der Waals surface area contributed by atoms with Crippen LogP contribution in [0.15, 0.2) is 63.5 Å². The van der Waals surface area contributed by atoms with E-state index in [1.807, 2.05) is 24.3 Å². The van der Waals surface area contributed by atoms with Crippen molar-refractivity contribution in [3.8, 4) is 28.6 Å². The molecule has 3 heterocycles. The molecule has 32 heavy (non-hydrogen) atoms. The van der Waals surface area contributed by atoms with Gasteiger partial charge in [0.25, 0.3) is 5.56 Å². The van der Waals surface area contributed by atoms with Gasteiger partial charge in [-0.25, -0.2) is 4.98 Å². The highest BCUT2D eigenvalue weighted by Crippen LogP contribution is 2.35. The van der Waals surface area contributed by atoms with Crippen LogP contribution in [-0.2, 0) is 12.3 Å². The van der Waals surface area contributed by atoms with Gasteiger partial charge in [0.15, 0.2) is 16.7 Å². The van der Waals surface area contributed by atoms with Gasteiger partial charge in [0, 0.05) is 12.6 Å². The first-order valence-corrected chi connectivity index (χ1v) is 10.7. The lowest BCUT2D eigenvalue weighted by atomic mass is 10.2. The van der Waals surface area contributed by atoms with Crippen molar-refractivity contribution in [2.24, 2.45) is 0 Å². The number of aromatic nitrogens is 4. The molecule has 0 aliphatic carbocycles. The molecule has 0 N–H and O–H groups in total. The van der Waals surface area contributed by atoms with Crippen molar-refractivity contribution < 1.29 is 18.7 Å². The summed E-state index contributed by atoms with van der Waals surface area (Å²) in [5, 5.41) is 5.03. The smallest absolute Gasteiger partial charge is 0.262 e. The van der Waals surface area contributed by atoms with Crippen molar-refractivity contribution in [2.45, 2.75) is 17.5 Å². The minimum atomic E-state index is -0.184. The van der Waals surface area contributed by atoms with E-state index in [-0.39, 0.29) is 12.4 Å². The van der Waals surface area contributed by atoms with E-state index >= 15 is 0 Å². The maximum absolute atomic E-state index is 13.1. The molecule has 0 spiro atoms. The van der Waals surface area contributed by atoms with E-state index in [2.05, 4.69) is 21.7 Å². The quantitative estimate of drug-likeness (QED) is 0.237. The first kappa shape index (κ1) is 20.1. The average molecular weight is 450 g/mol. The van der Waals surface area contributed by atoms with E-state index < -0.39 is 0 Å². The van der Waals surface area contributed by atoms with Crippen LogP contribution in [0.1, 0.15) is 5.89 Å². The molecule has 0 bridgehead atoms. The number of fused-ring (bicyclic) bond motifs is 2. The summed E-state index contributed by atoms with van der Waals surface area (Å²) in [6.45, 7) is 4.19. The van der Waals surface area contributed by atoms with E-state index in [9.17, 15) is 4.79 Å². The van der Waals surface area contributed by atoms with Crippen molar-refractivity contribution >= 4 is 22.7 Å². The molecule has 1 aliphatic rings. The molecule has 0 saturated carbocycles. The summed E-state index contributed by atoms with van der Waals surface area (Å²) < 4.78 is 23.1. The van der Waals surface area contributed by atoms with Crippen LogP contribution in [-0.4, -0.2) is 33.6 Å². The Hall–Kier alpha value is -3.79. The Bertz CT molecular complexity index is 1380. The topological polar surface area (TPSA) is 102 Å². The highest BCUT2D eigenvalue weighted by molar-refractivity contribution is 7.98. The molecule has 9 nitrogen and oxygen atoms in total. The van der Waals surface area contributed by atoms with Gasteiger partial charge < -0.3 is 18.7 Å². The first-order valence-electron chi connectivity index (χ1n) is 9.72. The molecular weight excluding hydrogens is 432 g/mol. The molecule has 4 aromatic rings. The summed E-state index contributed by atoms with van der Waals surface area (Å²) in [6.07, 6.45) is 1.65. The second-order valence-corrected chi connectivity index (χ2v) is 7.76. The zero-order valence-corrected chi connectivity index (χ0v) is 17.9. The zero-order chi connectivity index (χ0) is 22.1. The van der Waals surface area contributed by atoms with Crippen LogP contribution in [0.4, 0.5) is 0 Å².